The Bertz CT molecular complexity index is 550. The molecule has 6 heteroatoms. The van der Waals surface area contributed by atoms with Crippen LogP contribution in [0.15, 0.2) is 16.7 Å². The molecule has 2 rings (SSSR count). The zero-order chi connectivity index (χ0) is 11.9. The Morgan fingerprint density at radius 2 is 2.12 bits per heavy atom. The van der Waals surface area contributed by atoms with E-state index in [1.54, 1.807) is 16.9 Å². The van der Waals surface area contributed by atoms with Crippen LogP contribution >= 0.6 is 27.5 Å². The molecule has 0 aromatic carbocycles. The van der Waals surface area contributed by atoms with Gasteiger partial charge in [-0.15, -0.1) is 0 Å². The van der Waals surface area contributed by atoms with Gasteiger partial charge in [0.05, 0.1) is 26.6 Å². The maximum atomic E-state index is 5.86. The second-order valence-corrected chi connectivity index (χ2v) is 4.69. The number of nitrogens with zero attached hydrogens (tertiary/aromatic N) is 3. The third-order valence-corrected chi connectivity index (χ3v) is 3.62. The summed E-state index contributed by atoms with van der Waals surface area (Å²) in [5.74, 6) is 0.593. The number of aromatic nitrogens is 3. The van der Waals surface area contributed by atoms with Gasteiger partial charge in [0.1, 0.15) is 0 Å². The standard InChI is InChI=1S/C10H10BrClN4/c1-5-9(11)6(2)16(15-5)10-8(13)3-7(12)4-14-10/h3-4H,13H2,1-2H3. The number of nitrogen functional groups attached to an aromatic ring is 1. The van der Waals surface area contributed by atoms with Crippen molar-refractivity contribution in [1.82, 2.24) is 14.8 Å². The fraction of sp³-hybridized carbons (Fsp3) is 0.200. The number of halogens is 2. The fourth-order valence-corrected chi connectivity index (χ4v) is 1.87. The summed E-state index contributed by atoms with van der Waals surface area (Å²) in [6, 6.07) is 1.66. The highest BCUT2D eigenvalue weighted by Crippen LogP contribution is 2.25. The van der Waals surface area contributed by atoms with E-state index in [9.17, 15) is 0 Å². The van der Waals surface area contributed by atoms with E-state index in [1.807, 2.05) is 13.8 Å². The molecule has 4 nitrogen and oxygen atoms in total. The van der Waals surface area contributed by atoms with Crippen LogP contribution in [0, 0.1) is 13.8 Å². The van der Waals surface area contributed by atoms with Crippen molar-refractivity contribution in [3.63, 3.8) is 0 Å². The van der Waals surface area contributed by atoms with Gasteiger partial charge in [-0.3, -0.25) is 0 Å². The SMILES string of the molecule is Cc1nn(-c2ncc(Cl)cc2N)c(C)c1Br. The molecule has 0 amide bonds. The maximum absolute atomic E-state index is 5.86. The number of aryl methyl sites for hydroxylation is 1. The third-order valence-electron chi connectivity index (χ3n) is 2.27. The van der Waals surface area contributed by atoms with Gasteiger partial charge in [0, 0.05) is 6.20 Å². The van der Waals surface area contributed by atoms with E-state index >= 15 is 0 Å². The minimum absolute atomic E-state index is 0.505. The Labute approximate surface area is 107 Å². The van der Waals surface area contributed by atoms with Crippen molar-refractivity contribution >= 4 is 33.2 Å². The Balaban J connectivity index is 2.63. The number of hydrogen-bond acceptors (Lipinski definition) is 3. The van der Waals surface area contributed by atoms with Gasteiger partial charge in [-0.05, 0) is 35.8 Å². The minimum Gasteiger partial charge on any atom is -0.396 e. The van der Waals surface area contributed by atoms with Crippen molar-refractivity contribution in [1.29, 1.82) is 0 Å². The lowest BCUT2D eigenvalue weighted by Gasteiger charge is -2.06. The predicted octanol–water partition coefficient (Wildman–Crippen LogP) is 2.88. The summed E-state index contributed by atoms with van der Waals surface area (Å²) in [5, 5.41) is 4.87. The summed E-state index contributed by atoms with van der Waals surface area (Å²) in [5.41, 5.74) is 8.22. The Kier molecular flexibility index (Phi) is 2.90. The molecule has 0 atom stereocenters. The van der Waals surface area contributed by atoms with E-state index in [0.29, 0.717) is 16.5 Å². The van der Waals surface area contributed by atoms with Crippen molar-refractivity contribution in [2.45, 2.75) is 13.8 Å². The molecule has 2 aromatic heterocycles. The second-order valence-electron chi connectivity index (χ2n) is 3.46. The van der Waals surface area contributed by atoms with Gasteiger partial charge in [-0.1, -0.05) is 11.6 Å². The quantitative estimate of drug-likeness (QED) is 0.881. The van der Waals surface area contributed by atoms with Crippen LogP contribution in [0.5, 0.6) is 0 Å². The van der Waals surface area contributed by atoms with Crippen LogP contribution < -0.4 is 5.73 Å². The molecular weight excluding hydrogens is 291 g/mol. The molecule has 84 valence electrons. The zero-order valence-electron chi connectivity index (χ0n) is 8.83. The highest BCUT2D eigenvalue weighted by molar-refractivity contribution is 9.10. The molecule has 0 spiro atoms. The maximum Gasteiger partial charge on any atom is 0.176 e. The summed E-state index contributed by atoms with van der Waals surface area (Å²) >= 11 is 9.26. The molecule has 0 fully saturated rings. The molecule has 0 radical (unpaired) electrons. The van der Waals surface area contributed by atoms with Gasteiger partial charge >= 0.3 is 0 Å². The van der Waals surface area contributed by atoms with Gasteiger partial charge < -0.3 is 5.73 Å². The first kappa shape index (κ1) is 11.4. The first-order valence-corrected chi connectivity index (χ1v) is 5.81. The van der Waals surface area contributed by atoms with Crippen molar-refractivity contribution in [2.24, 2.45) is 0 Å². The van der Waals surface area contributed by atoms with Gasteiger partial charge in [0.2, 0.25) is 0 Å². The molecule has 2 N–H and O–H groups in total. The van der Waals surface area contributed by atoms with Gasteiger partial charge in [0.25, 0.3) is 0 Å². The molecular formula is C10H10BrClN4. The van der Waals surface area contributed by atoms with E-state index in [2.05, 4.69) is 26.0 Å². The summed E-state index contributed by atoms with van der Waals surface area (Å²) < 4.78 is 2.66. The largest absolute Gasteiger partial charge is 0.396 e. The monoisotopic (exact) mass is 300 g/mol. The lowest BCUT2D eigenvalue weighted by molar-refractivity contribution is 0.808. The number of nitrogens with two attached hydrogens (primary N) is 1. The van der Waals surface area contributed by atoms with Crippen molar-refractivity contribution in [2.75, 3.05) is 5.73 Å². The van der Waals surface area contributed by atoms with Gasteiger partial charge in [-0.2, -0.15) is 5.10 Å². The molecule has 0 saturated heterocycles. The predicted molar refractivity (Wildman–Crippen MR) is 68.0 cm³/mol. The Hall–Kier alpha value is -1.07. The minimum atomic E-state index is 0.505. The van der Waals surface area contributed by atoms with Gasteiger partial charge in [-0.25, -0.2) is 9.67 Å². The van der Waals surface area contributed by atoms with E-state index in [4.69, 9.17) is 17.3 Å². The van der Waals surface area contributed by atoms with Gasteiger partial charge in [0.15, 0.2) is 5.82 Å². The van der Waals surface area contributed by atoms with Crippen LogP contribution in [0.25, 0.3) is 5.82 Å². The van der Waals surface area contributed by atoms with Crippen LogP contribution in [-0.2, 0) is 0 Å². The van der Waals surface area contributed by atoms with Crippen molar-refractivity contribution < 1.29 is 0 Å². The lowest BCUT2D eigenvalue weighted by atomic mass is 10.3. The number of rotatable bonds is 1. The summed E-state index contributed by atoms with van der Waals surface area (Å²) in [4.78, 5) is 4.19. The van der Waals surface area contributed by atoms with E-state index in [-0.39, 0.29) is 0 Å². The molecule has 0 unspecified atom stereocenters. The number of anilines is 1. The molecule has 2 aromatic rings. The van der Waals surface area contributed by atoms with Crippen molar-refractivity contribution in [3.05, 3.63) is 33.1 Å². The summed E-state index contributed by atoms with van der Waals surface area (Å²) in [7, 11) is 0. The van der Waals surface area contributed by atoms with Crippen LogP contribution in [0.3, 0.4) is 0 Å². The lowest BCUT2D eigenvalue weighted by Crippen LogP contribution is -2.05. The van der Waals surface area contributed by atoms with E-state index in [0.717, 1.165) is 15.9 Å². The normalized spacial score (nSPS) is 10.8. The van der Waals surface area contributed by atoms with Crippen LogP contribution in [-0.4, -0.2) is 14.8 Å². The molecule has 0 aliphatic rings. The highest BCUT2D eigenvalue weighted by Gasteiger charge is 2.13. The average molecular weight is 302 g/mol. The van der Waals surface area contributed by atoms with Crippen molar-refractivity contribution in [3.8, 4) is 5.82 Å². The number of hydrogen-bond donors (Lipinski definition) is 1. The zero-order valence-corrected chi connectivity index (χ0v) is 11.2. The smallest absolute Gasteiger partial charge is 0.176 e. The molecule has 2 heterocycles. The number of pyridine rings is 1. The first-order valence-electron chi connectivity index (χ1n) is 4.64. The second kappa shape index (κ2) is 4.07. The topological polar surface area (TPSA) is 56.7 Å². The first-order chi connectivity index (χ1) is 7.50. The Morgan fingerprint density at radius 1 is 1.44 bits per heavy atom. The Morgan fingerprint density at radius 3 is 2.62 bits per heavy atom. The summed E-state index contributed by atoms with van der Waals surface area (Å²) in [6.07, 6.45) is 1.55. The van der Waals surface area contributed by atoms with E-state index < -0.39 is 0 Å². The fourth-order valence-electron chi connectivity index (χ4n) is 1.45. The molecule has 16 heavy (non-hydrogen) atoms. The van der Waals surface area contributed by atoms with Crippen LogP contribution in [0.1, 0.15) is 11.4 Å². The molecule has 0 saturated carbocycles. The average Bonchev–Trinajstić information content (AvgIpc) is 2.46. The van der Waals surface area contributed by atoms with Crippen LogP contribution in [0.4, 0.5) is 5.69 Å². The molecule has 0 aliphatic heterocycles. The third kappa shape index (κ3) is 1.81. The summed E-state index contributed by atoms with van der Waals surface area (Å²) in [6.45, 7) is 3.86. The van der Waals surface area contributed by atoms with Crippen LogP contribution in [0.2, 0.25) is 5.02 Å². The van der Waals surface area contributed by atoms with E-state index in [1.165, 1.54) is 0 Å². The highest BCUT2D eigenvalue weighted by atomic mass is 79.9. The molecule has 0 aliphatic carbocycles. The molecule has 0 bridgehead atoms.